The molecule has 0 radical (unpaired) electrons. The maximum Gasteiger partial charge on any atom is 0.258 e. The van der Waals surface area contributed by atoms with Crippen LogP contribution in [0.3, 0.4) is 0 Å². The van der Waals surface area contributed by atoms with Gasteiger partial charge >= 0.3 is 0 Å². The van der Waals surface area contributed by atoms with E-state index in [4.69, 9.17) is 9.47 Å². The highest BCUT2D eigenvalue weighted by Crippen LogP contribution is 2.43. The van der Waals surface area contributed by atoms with Crippen molar-refractivity contribution in [3.8, 4) is 11.5 Å². The van der Waals surface area contributed by atoms with Crippen molar-refractivity contribution >= 4 is 34.5 Å². The predicted molar refractivity (Wildman–Crippen MR) is 129 cm³/mol. The average molecular weight is 444 g/mol. The second-order valence-electron chi connectivity index (χ2n) is 7.55. The Hall–Kier alpha value is -4.26. The molecule has 2 amide bonds. The van der Waals surface area contributed by atoms with Gasteiger partial charge in [-0.15, -0.1) is 0 Å². The normalized spacial score (nSPS) is 13.6. The van der Waals surface area contributed by atoms with Gasteiger partial charge in [-0.2, -0.15) is 0 Å². The molecule has 33 heavy (non-hydrogen) atoms. The number of anilines is 2. The molecule has 0 saturated carbocycles. The van der Waals surface area contributed by atoms with Crippen molar-refractivity contribution in [2.45, 2.75) is 13.5 Å². The van der Waals surface area contributed by atoms with Crippen molar-refractivity contribution < 1.29 is 19.1 Å². The zero-order valence-corrected chi connectivity index (χ0v) is 18.7. The number of nitrogens with one attached hydrogen (secondary N) is 3. The Morgan fingerprint density at radius 3 is 2.24 bits per heavy atom. The molecule has 4 rings (SSSR count). The van der Waals surface area contributed by atoms with E-state index in [0.29, 0.717) is 35.0 Å². The summed E-state index contributed by atoms with van der Waals surface area (Å²) < 4.78 is 10.8. The van der Waals surface area contributed by atoms with Crippen LogP contribution in [0.15, 0.2) is 66.7 Å². The third kappa shape index (κ3) is 4.67. The Morgan fingerprint density at radius 1 is 0.939 bits per heavy atom. The van der Waals surface area contributed by atoms with E-state index in [9.17, 15) is 9.59 Å². The van der Waals surface area contributed by atoms with Crippen LogP contribution in [0.5, 0.6) is 11.5 Å². The van der Waals surface area contributed by atoms with Crippen molar-refractivity contribution in [3.63, 3.8) is 0 Å². The predicted octanol–water partition coefficient (Wildman–Crippen LogP) is 4.27. The van der Waals surface area contributed by atoms with Gasteiger partial charge in [0.05, 0.1) is 31.2 Å². The molecule has 7 nitrogen and oxygen atoms in total. The summed E-state index contributed by atoms with van der Waals surface area (Å²) in [5.41, 5.74) is 5.24. The first-order valence-corrected chi connectivity index (χ1v) is 10.5. The van der Waals surface area contributed by atoms with E-state index in [0.717, 1.165) is 22.4 Å². The minimum Gasteiger partial charge on any atom is -0.493 e. The summed E-state index contributed by atoms with van der Waals surface area (Å²) in [4.78, 5) is 24.3. The van der Waals surface area contributed by atoms with Crippen molar-refractivity contribution in [2.75, 3.05) is 24.9 Å². The number of amides is 2. The fourth-order valence-electron chi connectivity index (χ4n) is 3.71. The molecular formula is C26H25N3O4. The Kier molecular flexibility index (Phi) is 6.31. The highest BCUT2D eigenvalue weighted by molar-refractivity contribution is 6.37. The number of carbonyl (C=O) groups excluding carboxylic acids is 2. The Morgan fingerprint density at radius 2 is 1.61 bits per heavy atom. The van der Waals surface area contributed by atoms with Crippen molar-refractivity contribution in [3.05, 3.63) is 83.4 Å². The molecule has 3 N–H and O–H groups in total. The molecule has 0 bridgehead atoms. The summed E-state index contributed by atoms with van der Waals surface area (Å²) in [7, 11) is 3.13. The van der Waals surface area contributed by atoms with Crippen LogP contribution in [0.25, 0.3) is 11.3 Å². The number of fused-ring (bicyclic) bond motifs is 1. The van der Waals surface area contributed by atoms with Gasteiger partial charge in [-0.25, -0.2) is 0 Å². The molecule has 168 valence electrons. The van der Waals surface area contributed by atoms with Gasteiger partial charge < -0.3 is 25.4 Å². The zero-order valence-electron chi connectivity index (χ0n) is 18.7. The van der Waals surface area contributed by atoms with E-state index < -0.39 is 0 Å². The molecule has 0 atom stereocenters. The van der Waals surface area contributed by atoms with Crippen LogP contribution in [0.1, 0.15) is 23.6 Å². The molecule has 3 aromatic carbocycles. The minimum absolute atomic E-state index is 0.0775. The summed E-state index contributed by atoms with van der Waals surface area (Å²) in [6.07, 6.45) is 0. The molecule has 0 spiro atoms. The van der Waals surface area contributed by atoms with Gasteiger partial charge in [0.25, 0.3) is 5.91 Å². The second kappa shape index (κ2) is 9.48. The van der Waals surface area contributed by atoms with Crippen molar-refractivity contribution in [1.29, 1.82) is 0 Å². The van der Waals surface area contributed by atoms with Gasteiger partial charge in [-0.3, -0.25) is 9.59 Å². The SMILES string of the molecule is COc1cc2c(cc1OC)C(=C(Nc1ccc(CNC(C)=O)cc1)c1ccccc1)C(=O)N2. The molecule has 0 unspecified atom stereocenters. The first-order valence-electron chi connectivity index (χ1n) is 10.5. The molecule has 1 heterocycles. The van der Waals surface area contributed by atoms with Crippen LogP contribution in [-0.2, 0) is 16.1 Å². The third-order valence-corrected chi connectivity index (χ3v) is 5.35. The van der Waals surface area contributed by atoms with E-state index in [1.807, 2.05) is 60.7 Å². The molecule has 1 aliphatic heterocycles. The number of rotatable bonds is 7. The molecule has 0 saturated heterocycles. The number of benzene rings is 3. The van der Waals surface area contributed by atoms with Crippen LogP contribution >= 0.6 is 0 Å². The molecular weight excluding hydrogens is 418 g/mol. The highest BCUT2D eigenvalue weighted by atomic mass is 16.5. The summed E-state index contributed by atoms with van der Waals surface area (Å²) in [6.45, 7) is 1.95. The number of hydrogen-bond acceptors (Lipinski definition) is 5. The van der Waals surface area contributed by atoms with E-state index in [-0.39, 0.29) is 11.8 Å². The van der Waals surface area contributed by atoms with Gasteiger partial charge in [0.1, 0.15) is 0 Å². The zero-order chi connectivity index (χ0) is 23.4. The van der Waals surface area contributed by atoms with Gasteiger partial charge in [0.2, 0.25) is 5.91 Å². The summed E-state index contributed by atoms with van der Waals surface area (Å²) in [5, 5.41) is 9.15. The molecule has 0 aliphatic carbocycles. The Labute approximate surface area is 192 Å². The fourth-order valence-corrected chi connectivity index (χ4v) is 3.71. The molecule has 3 aromatic rings. The van der Waals surface area contributed by atoms with Crippen molar-refractivity contribution in [2.24, 2.45) is 0 Å². The van der Waals surface area contributed by atoms with E-state index >= 15 is 0 Å². The van der Waals surface area contributed by atoms with Gasteiger partial charge in [0.15, 0.2) is 11.5 Å². The lowest BCUT2D eigenvalue weighted by atomic mass is 9.99. The molecule has 1 aliphatic rings. The maximum absolute atomic E-state index is 13.1. The highest BCUT2D eigenvalue weighted by Gasteiger charge is 2.30. The number of methoxy groups -OCH3 is 2. The number of hydrogen-bond donors (Lipinski definition) is 3. The number of ether oxygens (including phenoxy) is 2. The fraction of sp³-hybridized carbons (Fsp3) is 0.154. The van der Waals surface area contributed by atoms with Crippen LogP contribution in [0.2, 0.25) is 0 Å². The van der Waals surface area contributed by atoms with Gasteiger partial charge in [0, 0.05) is 30.8 Å². The monoisotopic (exact) mass is 443 g/mol. The Balaban J connectivity index is 1.78. The molecule has 0 aromatic heterocycles. The molecule has 0 fully saturated rings. The van der Waals surface area contributed by atoms with Gasteiger partial charge in [-0.05, 0) is 29.3 Å². The van der Waals surface area contributed by atoms with Gasteiger partial charge in [-0.1, -0.05) is 42.5 Å². The summed E-state index contributed by atoms with van der Waals surface area (Å²) in [5.74, 6) is 0.793. The lowest BCUT2D eigenvalue weighted by Crippen LogP contribution is -2.18. The lowest BCUT2D eigenvalue weighted by Gasteiger charge is -2.16. The summed E-state index contributed by atoms with van der Waals surface area (Å²) >= 11 is 0. The van der Waals surface area contributed by atoms with Crippen LogP contribution in [-0.4, -0.2) is 26.0 Å². The largest absolute Gasteiger partial charge is 0.493 e. The molecule has 7 heteroatoms. The summed E-state index contributed by atoms with van der Waals surface area (Å²) in [6, 6.07) is 21.0. The van der Waals surface area contributed by atoms with E-state index in [1.165, 1.54) is 6.92 Å². The second-order valence-corrected chi connectivity index (χ2v) is 7.55. The Bertz CT molecular complexity index is 1220. The standard InChI is InChI=1S/C26H25N3O4/c1-16(30)27-15-17-9-11-19(12-10-17)28-25(18-7-5-4-6-8-18)24-20-13-22(32-2)23(33-3)14-21(20)29-26(24)31/h4-14,28H,15H2,1-3H3,(H,27,30)(H,29,31). The quantitative estimate of drug-likeness (QED) is 0.475. The smallest absolute Gasteiger partial charge is 0.258 e. The van der Waals surface area contributed by atoms with E-state index in [1.54, 1.807) is 20.3 Å². The van der Waals surface area contributed by atoms with E-state index in [2.05, 4.69) is 16.0 Å². The van der Waals surface area contributed by atoms with Crippen LogP contribution < -0.4 is 25.4 Å². The van der Waals surface area contributed by atoms with Crippen molar-refractivity contribution in [1.82, 2.24) is 5.32 Å². The van der Waals surface area contributed by atoms with Crippen LogP contribution in [0, 0.1) is 0 Å². The average Bonchev–Trinajstić information content (AvgIpc) is 3.15. The topological polar surface area (TPSA) is 88.7 Å². The minimum atomic E-state index is -0.214. The lowest BCUT2D eigenvalue weighted by molar-refractivity contribution is -0.119. The third-order valence-electron chi connectivity index (χ3n) is 5.35. The first kappa shape index (κ1) is 22.0. The van der Waals surface area contributed by atoms with Crippen LogP contribution in [0.4, 0.5) is 11.4 Å². The first-order chi connectivity index (χ1) is 16.0. The number of carbonyl (C=O) groups is 2. The maximum atomic E-state index is 13.1.